The molecule has 0 aliphatic carbocycles. The van der Waals surface area contributed by atoms with Crippen LogP contribution < -0.4 is 10.6 Å². The van der Waals surface area contributed by atoms with Gasteiger partial charge in [0.2, 0.25) is 0 Å². The van der Waals surface area contributed by atoms with Crippen LogP contribution in [0.1, 0.15) is 16.5 Å². The molecule has 0 spiro atoms. The van der Waals surface area contributed by atoms with E-state index in [-0.39, 0.29) is 0 Å². The number of thiophene rings is 1. The van der Waals surface area contributed by atoms with Crippen LogP contribution in [0, 0.1) is 0 Å². The molecule has 2 aromatic rings. The van der Waals surface area contributed by atoms with Crippen LogP contribution in [-0.4, -0.2) is 34.4 Å². The minimum Gasteiger partial charge on any atom is -0.386 e. The van der Waals surface area contributed by atoms with Crippen molar-refractivity contribution >= 4 is 28.9 Å². The third-order valence-corrected chi connectivity index (χ3v) is 4.16. The second-order valence-electron chi connectivity index (χ2n) is 4.49. The van der Waals surface area contributed by atoms with Gasteiger partial charge >= 0.3 is 0 Å². The van der Waals surface area contributed by atoms with Crippen LogP contribution in [-0.2, 0) is 13.6 Å². The number of nitrogens with zero attached hydrogens (tertiary/aromatic N) is 3. The third kappa shape index (κ3) is 4.73. The van der Waals surface area contributed by atoms with Crippen LogP contribution in [0.3, 0.4) is 0 Å². The van der Waals surface area contributed by atoms with Gasteiger partial charge in [-0.25, -0.2) is 0 Å². The number of halogens is 1. The summed E-state index contributed by atoms with van der Waals surface area (Å²) < 4.78 is 2.42. The average molecular weight is 328 g/mol. The molecule has 0 saturated carbocycles. The quantitative estimate of drug-likeness (QED) is 0.575. The predicted octanol–water partition coefficient (Wildman–Crippen LogP) is 1.53. The van der Waals surface area contributed by atoms with E-state index in [0.717, 1.165) is 10.4 Å². The Kier molecular flexibility index (Phi) is 5.60. The number of aromatic nitrogens is 2. The number of nitrogens with one attached hydrogen (secondary N) is 2. The molecule has 3 N–H and O–H groups in total. The SMILES string of the molecule is CN=C(NCc1cnn(C)c1)NCC(O)c1ccc(Cl)s1. The first-order chi connectivity index (χ1) is 10.1. The van der Waals surface area contributed by atoms with Crippen molar-refractivity contribution in [3.8, 4) is 0 Å². The Balaban J connectivity index is 1.80. The van der Waals surface area contributed by atoms with Gasteiger partial charge in [-0.05, 0) is 12.1 Å². The summed E-state index contributed by atoms with van der Waals surface area (Å²) in [6.07, 6.45) is 3.12. The maximum absolute atomic E-state index is 10.1. The Morgan fingerprint density at radius 2 is 2.33 bits per heavy atom. The van der Waals surface area contributed by atoms with Gasteiger partial charge in [0.05, 0.1) is 10.5 Å². The van der Waals surface area contributed by atoms with Crippen molar-refractivity contribution in [2.24, 2.45) is 12.0 Å². The summed E-state index contributed by atoms with van der Waals surface area (Å²) in [5.74, 6) is 0.626. The minimum atomic E-state index is -0.612. The number of guanidine groups is 1. The zero-order chi connectivity index (χ0) is 15.2. The summed E-state index contributed by atoms with van der Waals surface area (Å²) in [6, 6.07) is 3.60. The van der Waals surface area contributed by atoms with E-state index >= 15 is 0 Å². The number of hydrogen-bond acceptors (Lipinski definition) is 4. The number of aliphatic hydroxyl groups excluding tert-OH is 1. The molecule has 1 atom stereocenters. The van der Waals surface area contributed by atoms with Crippen molar-refractivity contribution in [1.82, 2.24) is 20.4 Å². The van der Waals surface area contributed by atoms with Crippen molar-refractivity contribution in [3.63, 3.8) is 0 Å². The smallest absolute Gasteiger partial charge is 0.191 e. The van der Waals surface area contributed by atoms with E-state index in [0.29, 0.717) is 23.4 Å². The molecule has 0 radical (unpaired) electrons. The molecule has 0 fully saturated rings. The standard InChI is InChI=1S/C13H18ClN5OS/c1-15-13(16-5-9-6-18-19(2)8-9)17-7-10(20)11-3-4-12(14)21-11/h3-4,6,8,10,20H,5,7H2,1-2H3,(H2,15,16,17). The van der Waals surface area contributed by atoms with Gasteiger partial charge in [-0.3, -0.25) is 9.67 Å². The summed E-state index contributed by atoms with van der Waals surface area (Å²) >= 11 is 7.23. The molecule has 0 aliphatic heterocycles. The largest absolute Gasteiger partial charge is 0.386 e. The van der Waals surface area contributed by atoms with E-state index in [9.17, 15) is 5.11 Å². The topological polar surface area (TPSA) is 74.5 Å². The van der Waals surface area contributed by atoms with Crippen molar-refractivity contribution in [2.75, 3.05) is 13.6 Å². The van der Waals surface area contributed by atoms with E-state index < -0.39 is 6.10 Å². The summed E-state index contributed by atoms with van der Waals surface area (Å²) in [6.45, 7) is 0.984. The van der Waals surface area contributed by atoms with Gasteiger partial charge in [-0.1, -0.05) is 11.6 Å². The summed E-state index contributed by atoms with van der Waals surface area (Å²) in [7, 11) is 3.56. The van der Waals surface area contributed by atoms with Crippen LogP contribution >= 0.6 is 22.9 Å². The summed E-state index contributed by atoms with van der Waals surface area (Å²) in [4.78, 5) is 4.94. The number of rotatable bonds is 5. The van der Waals surface area contributed by atoms with E-state index in [4.69, 9.17) is 11.6 Å². The first kappa shape index (κ1) is 15.8. The Hall–Kier alpha value is -1.57. The molecule has 0 saturated heterocycles. The average Bonchev–Trinajstić information content (AvgIpc) is 3.07. The van der Waals surface area contributed by atoms with Gasteiger partial charge in [-0.2, -0.15) is 5.10 Å². The number of aliphatic hydroxyl groups is 1. The van der Waals surface area contributed by atoms with Crippen LogP contribution in [0.2, 0.25) is 4.34 Å². The van der Waals surface area contributed by atoms with Gasteiger partial charge in [0.25, 0.3) is 0 Å². The lowest BCUT2D eigenvalue weighted by molar-refractivity contribution is 0.184. The number of aryl methyl sites for hydroxylation is 1. The van der Waals surface area contributed by atoms with Crippen LogP contribution in [0.4, 0.5) is 0 Å². The number of aliphatic imine (C=N–C) groups is 1. The molecule has 2 rings (SSSR count). The van der Waals surface area contributed by atoms with Crippen molar-refractivity contribution in [3.05, 3.63) is 39.3 Å². The molecular formula is C13H18ClN5OS. The fourth-order valence-corrected chi connectivity index (χ4v) is 2.82. The van der Waals surface area contributed by atoms with Crippen LogP contribution in [0.25, 0.3) is 0 Å². The Morgan fingerprint density at radius 1 is 1.52 bits per heavy atom. The molecule has 21 heavy (non-hydrogen) atoms. The first-order valence-corrected chi connectivity index (χ1v) is 7.63. The molecular weight excluding hydrogens is 310 g/mol. The Labute approximate surface area is 132 Å². The summed E-state index contributed by atoms with van der Waals surface area (Å²) in [5.41, 5.74) is 1.06. The second-order valence-corrected chi connectivity index (χ2v) is 6.23. The van der Waals surface area contributed by atoms with E-state index in [1.165, 1.54) is 11.3 Å². The highest BCUT2D eigenvalue weighted by atomic mass is 35.5. The maximum Gasteiger partial charge on any atom is 0.191 e. The van der Waals surface area contributed by atoms with Crippen molar-refractivity contribution in [1.29, 1.82) is 0 Å². The lowest BCUT2D eigenvalue weighted by Crippen LogP contribution is -2.38. The van der Waals surface area contributed by atoms with Gasteiger partial charge < -0.3 is 15.7 Å². The zero-order valence-corrected chi connectivity index (χ0v) is 13.4. The molecule has 6 nitrogen and oxygen atoms in total. The predicted molar refractivity (Wildman–Crippen MR) is 85.7 cm³/mol. The van der Waals surface area contributed by atoms with Crippen LogP contribution in [0.5, 0.6) is 0 Å². The highest BCUT2D eigenvalue weighted by Gasteiger charge is 2.11. The molecule has 8 heteroatoms. The molecule has 1 unspecified atom stereocenters. The van der Waals surface area contributed by atoms with Gasteiger partial charge in [-0.15, -0.1) is 11.3 Å². The fourth-order valence-electron chi connectivity index (χ4n) is 1.77. The van der Waals surface area contributed by atoms with Gasteiger partial charge in [0.1, 0.15) is 6.10 Å². The highest BCUT2D eigenvalue weighted by Crippen LogP contribution is 2.26. The van der Waals surface area contributed by atoms with E-state index in [1.807, 2.05) is 19.3 Å². The van der Waals surface area contributed by atoms with Crippen molar-refractivity contribution < 1.29 is 5.11 Å². The van der Waals surface area contributed by atoms with Crippen molar-refractivity contribution in [2.45, 2.75) is 12.6 Å². The minimum absolute atomic E-state index is 0.365. The Bertz CT molecular complexity index is 609. The molecule has 0 amide bonds. The molecule has 2 heterocycles. The van der Waals surface area contributed by atoms with Gasteiger partial charge in [0, 0.05) is 43.8 Å². The molecule has 2 aromatic heterocycles. The van der Waals surface area contributed by atoms with Crippen LogP contribution in [0.15, 0.2) is 29.5 Å². The normalized spacial score (nSPS) is 13.2. The maximum atomic E-state index is 10.1. The van der Waals surface area contributed by atoms with Gasteiger partial charge in [0.15, 0.2) is 5.96 Å². The molecule has 0 bridgehead atoms. The molecule has 114 valence electrons. The highest BCUT2D eigenvalue weighted by molar-refractivity contribution is 7.16. The second kappa shape index (κ2) is 7.44. The number of hydrogen-bond donors (Lipinski definition) is 3. The Morgan fingerprint density at radius 3 is 2.90 bits per heavy atom. The summed E-state index contributed by atoms with van der Waals surface area (Å²) in [5, 5.41) is 20.4. The first-order valence-electron chi connectivity index (χ1n) is 6.44. The fraction of sp³-hybridized carbons (Fsp3) is 0.385. The van der Waals surface area contributed by atoms with E-state index in [2.05, 4.69) is 20.7 Å². The zero-order valence-electron chi connectivity index (χ0n) is 11.9. The molecule has 0 aliphatic rings. The molecule has 0 aromatic carbocycles. The monoisotopic (exact) mass is 327 g/mol. The lowest BCUT2D eigenvalue weighted by Gasteiger charge is -2.14. The third-order valence-electron chi connectivity index (χ3n) is 2.83. The lowest BCUT2D eigenvalue weighted by atomic mass is 10.3. The van der Waals surface area contributed by atoms with E-state index in [1.54, 1.807) is 24.0 Å².